The Bertz CT molecular complexity index is 6280. The molecule has 12 atom stereocenters. The number of fused-ring (bicyclic) bond motifs is 24. The van der Waals surface area contributed by atoms with Crippen molar-refractivity contribution in [3.8, 4) is 46.0 Å². The molecule has 4 saturated carbocycles. The van der Waals surface area contributed by atoms with Crippen molar-refractivity contribution < 1.29 is 93.7 Å². The van der Waals surface area contributed by atoms with E-state index in [0.717, 1.165) is 72.2 Å². The van der Waals surface area contributed by atoms with Gasteiger partial charge in [0, 0.05) is 97.5 Å². The van der Waals surface area contributed by atoms with Crippen molar-refractivity contribution in [2.24, 2.45) is 47.3 Å². The van der Waals surface area contributed by atoms with Crippen molar-refractivity contribution in [2.75, 3.05) is 99.3 Å². The van der Waals surface area contributed by atoms with Crippen molar-refractivity contribution in [1.82, 2.24) is 38.3 Å². The van der Waals surface area contributed by atoms with Crippen LogP contribution in [0.4, 0.5) is 35.1 Å². The van der Waals surface area contributed by atoms with E-state index in [4.69, 9.17) is 18.9 Å². The number of carbonyl (C=O) groups excluding carboxylic acids is 4. The smallest absolute Gasteiger partial charge is 0.277 e. The predicted octanol–water partition coefficient (Wildman–Crippen LogP) is 12.0. The molecule has 0 unspecified atom stereocenters. The molecule has 0 radical (unpaired) electrons. The van der Waals surface area contributed by atoms with Crippen LogP contribution in [0.1, 0.15) is 136 Å². The highest BCUT2D eigenvalue weighted by Crippen LogP contribution is 2.51. The summed E-state index contributed by atoms with van der Waals surface area (Å²) >= 11 is 0. The summed E-state index contributed by atoms with van der Waals surface area (Å²) < 4.78 is 147. The Labute approximate surface area is 768 Å². The summed E-state index contributed by atoms with van der Waals surface area (Å²) in [6, 6.07) is 48.7. The van der Waals surface area contributed by atoms with Crippen LogP contribution < -0.4 is 60.7 Å². The molecule has 12 heterocycles. The van der Waals surface area contributed by atoms with E-state index >= 15 is 17.6 Å². The molecular weight excluding hydrogens is 1780 g/mol. The monoisotopic (exact) mass is 1860 g/mol. The van der Waals surface area contributed by atoms with Gasteiger partial charge >= 0.3 is 0 Å². The Morgan fingerprint density at radius 2 is 0.449 bits per heavy atom. The van der Waals surface area contributed by atoms with Crippen LogP contribution in [0, 0.1) is 93.9 Å². The van der Waals surface area contributed by atoms with E-state index < -0.39 is 139 Å². The fraction of sp³-hybridized carbons (Fsp3) is 0.280. The van der Waals surface area contributed by atoms with Gasteiger partial charge in [0.15, 0.2) is 92.0 Å². The topological polar surface area (TPSA) is 300 Å². The molecule has 4 N–H and O–H groups in total. The highest BCUT2D eigenvalue weighted by Gasteiger charge is 2.52. The number of hydrogen-bond acceptors (Lipinski definition) is 20. The number of amides is 4. The maximum Gasteiger partial charge on any atom is 0.277 e. The number of ether oxygens (including phenoxy) is 4. The summed E-state index contributed by atoms with van der Waals surface area (Å²) in [6.45, 7) is 2.92. The Kier molecular flexibility index (Phi) is 22.1. The molecule has 8 aromatic carbocycles. The molecule has 0 saturated heterocycles. The van der Waals surface area contributed by atoms with Gasteiger partial charge in [-0.15, -0.1) is 0 Å². The molecule has 4 amide bonds. The molecule has 36 heteroatoms. The number of aromatic hydroxyl groups is 4. The molecule has 8 aliphatic heterocycles. The van der Waals surface area contributed by atoms with Gasteiger partial charge in [0.05, 0.1) is 26.4 Å². The second-order valence-corrected chi connectivity index (χ2v) is 36.0. The van der Waals surface area contributed by atoms with E-state index in [2.05, 4.69) is 0 Å². The first kappa shape index (κ1) is 87.2. The number of nitrogens with zero attached hydrogens (tertiary/aromatic N) is 12. The van der Waals surface area contributed by atoms with Gasteiger partial charge in [0.2, 0.25) is 45.0 Å². The lowest BCUT2D eigenvalue weighted by atomic mass is 9.96. The molecule has 4 aromatic heterocycles. The van der Waals surface area contributed by atoms with Gasteiger partial charge in [-0.1, -0.05) is 121 Å². The van der Waals surface area contributed by atoms with Gasteiger partial charge in [-0.2, -0.15) is 17.6 Å². The second kappa shape index (κ2) is 34.5. The molecule has 28 nitrogen and oxygen atoms in total. The van der Waals surface area contributed by atoms with Gasteiger partial charge in [-0.3, -0.25) is 77.1 Å². The van der Waals surface area contributed by atoms with Crippen molar-refractivity contribution in [3.05, 3.63) is 374 Å². The van der Waals surface area contributed by atoms with Gasteiger partial charge in [-0.25, -0.2) is 17.6 Å². The number of aromatic nitrogens is 4. The Hall–Kier alpha value is -15.5. The summed E-state index contributed by atoms with van der Waals surface area (Å²) in [4.78, 5) is 109. The molecule has 12 aliphatic rings. The summed E-state index contributed by atoms with van der Waals surface area (Å²) in [5.74, 6) is -12.4. The Balaban J connectivity index is 0.000000108. The van der Waals surface area contributed by atoms with Crippen LogP contribution in [0.25, 0.3) is 0 Å². The molecule has 8 bridgehead atoms. The zero-order valence-corrected chi connectivity index (χ0v) is 72.1. The minimum atomic E-state index is -1.07. The molecule has 12 aromatic rings. The zero-order chi connectivity index (χ0) is 94.2. The van der Waals surface area contributed by atoms with Crippen LogP contribution in [0.3, 0.4) is 0 Å². The fourth-order valence-electron chi connectivity index (χ4n) is 20.0. The largest absolute Gasteiger partial charge is 0.502 e. The molecule has 0 spiro atoms. The normalized spacial score (nSPS) is 23.2. The fourth-order valence-corrected chi connectivity index (χ4v) is 20.0. The van der Waals surface area contributed by atoms with E-state index in [-0.39, 0.29) is 146 Å². The van der Waals surface area contributed by atoms with E-state index in [0.29, 0.717) is 48.4 Å². The molecule has 24 rings (SSSR count). The van der Waals surface area contributed by atoms with Crippen molar-refractivity contribution in [3.63, 3.8) is 0 Å². The van der Waals surface area contributed by atoms with Crippen LogP contribution in [0.15, 0.2) is 238 Å². The Morgan fingerprint density at radius 3 is 0.647 bits per heavy atom. The third-order valence-corrected chi connectivity index (χ3v) is 27.6. The third kappa shape index (κ3) is 15.5. The average molecular weight is 1860 g/mol. The van der Waals surface area contributed by atoms with Gasteiger partial charge in [0.1, 0.15) is 50.8 Å². The molecule has 4 aliphatic carbocycles. The number of benzene rings is 8. The summed E-state index contributed by atoms with van der Waals surface area (Å²) in [7, 11) is 0. The summed E-state index contributed by atoms with van der Waals surface area (Å²) in [6.07, 6.45) is 8.81. The lowest BCUT2D eigenvalue weighted by Crippen LogP contribution is -2.56. The first-order valence-corrected chi connectivity index (χ1v) is 44.4. The zero-order valence-electron chi connectivity index (χ0n) is 72.1. The van der Waals surface area contributed by atoms with Crippen molar-refractivity contribution in [1.29, 1.82) is 0 Å². The van der Waals surface area contributed by atoms with Crippen LogP contribution in [-0.4, -0.2) is 162 Å². The van der Waals surface area contributed by atoms with Crippen LogP contribution in [-0.2, 0) is 0 Å². The van der Waals surface area contributed by atoms with Gasteiger partial charge in [0.25, 0.3) is 23.6 Å². The third-order valence-electron chi connectivity index (χ3n) is 27.6. The van der Waals surface area contributed by atoms with E-state index in [1.54, 1.807) is 39.6 Å². The maximum absolute atomic E-state index is 15.1. The van der Waals surface area contributed by atoms with Crippen molar-refractivity contribution in [2.45, 2.75) is 49.9 Å². The first-order valence-electron chi connectivity index (χ1n) is 44.4. The van der Waals surface area contributed by atoms with Crippen molar-refractivity contribution >= 4 is 23.6 Å². The minimum absolute atomic E-state index is 0.0959. The quantitative estimate of drug-likeness (QED) is 0.119. The Morgan fingerprint density at radius 1 is 0.250 bits per heavy atom. The van der Waals surface area contributed by atoms with E-state index in [1.165, 1.54) is 92.0 Å². The number of hydrogen-bond donors (Lipinski definition) is 4. The lowest BCUT2D eigenvalue weighted by Gasteiger charge is -2.44. The number of halogens is 8. The molecule has 696 valence electrons. The highest BCUT2D eigenvalue weighted by atomic mass is 19.2. The summed E-state index contributed by atoms with van der Waals surface area (Å²) in [5, 5.41) is 49.3. The molecule has 4 fully saturated rings. The first-order chi connectivity index (χ1) is 65.7. The van der Waals surface area contributed by atoms with E-state index in [9.17, 15) is 76.3 Å². The van der Waals surface area contributed by atoms with Crippen LogP contribution in [0.2, 0.25) is 0 Å². The average Bonchev–Trinajstić information content (AvgIpc) is 1.57. The number of rotatable bonds is 4. The van der Waals surface area contributed by atoms with Crippen LogP contribution >= 0.6 is 0 Å². The second-order valence-electron chi connectivity index (χ2n) is 36.0. The standard InChI is InChI=1S/4C25H21F2N3O4/c4*26-18-7-6-17-21(14-4-2-1-3-5-14)30-13-28(11-15-10-16(15)12-34-24(17)20(18)27)25(33)22-23(32)19(31)8-9-29(22)30/h4*1-9,15-16,21,32H,10-13H2/t2*15-,16-,21+;2*15-,16-,21-/m1010/s1. The lowest BCUT2D eigenvalue weighted by molar-refractivity contribution is 0.0660. The van der Waals surface area contributed by atoms with Gasteiger partial charge < -0.3 is 59.0 Å². The molecular formula is C100H84F8N12O16. The minimum Gasteiger partial charge on any atom is -0.502 e. The predicted molar refractivity (Wildman–Crippen MR) is 473 cm³/mol. The van der Waals surface area contributed by atoms with Gasteiger partial charge in [-0.05, 0) is 144 Å². The highest BCUT2D eigenvalue weighted by molar-refractivity contribution is 5.98. The molecule has 136 heavy (non-hydrogen) atoms. The summed E-state index contributed by atoms with van der Waals surface area (Å²) in [5.41, 5.74) is 1.20. The maximum atomic E-state index is 15.1. The van der Waals surface area contributed by atoms with E-state index in [1.807, 2.05) is 121 Å². The SMILES string of the molecule is O=C1c2c(O)c(=O)ccn2N2CN1C[C@@H]1C[C@H]1COc1c(ccc(F)c1F)[C@@H]2c1ccccc1.O=C1c2c(O)c(=O)ccn2N2CN1C[C@@H]1C[C@H]1COc1c(ccc(F)c1F)[C@H]2c1ccccc1.O=C1c2c(O)c(=O)ccn2N2CN1C[C@H]1C[C@@H]1COc1c(ccc(F)c1F)[C@@H]2c1ccccc1.O=C1c2c(O)c(=O)ccn2N2CN1C[C@H]1C[C@@H]1COc1c(ccc(F)c1F)[C@H]2c1ccccc1. The number of pyridine rings is 4. The number of carbonyl (C=O) groups is 4. The van der Waals surface area contributed by atoms with Crippen LogP contribution in [0.5, 0.6) is 46.0 Å².